The van der Waals surface area contributed by atoms with Gasteiger partial charge in [-0.1, -0.05) is 78.7 Å². The quantitative estimate of drug-likeness (QED) is 0.359. The SMILES string of the molecule is CCOC(=O)[C@H]1C=C(c2ccccc2)N(S(=O)(=O)c2ccc(C)cc2)C(=O)[C@]1(CC)c1ccc(Cl)cc1. The molecule has 4 rings (SSSR count). The Kier molecular flexibility index (Phi) is 7.57. The number of benzene rings is 3. The van der Waals surface area contributed by atoms with Crippen molar-refractivity contribution in [2.45, 2.75) is 37.5 Å². The third-order valence-corrected chi connectivity index (χ3v) is 8.69. The van der Waals surface area contributed by atoms with Crippen LogP contribution in [0.25, 0.3) is 5.70 Å². The maximum Gasteiger partial charge on any atom is 0.314 e. The van der Waals surface area contributed by atoms with Gasteiger partial charge in [-0.3, -0.25) is 9.59 Å². The molecule has 1 aliphatic rings. The predicted octanol–water partition coefficient (Wildman–Crippen LogP) is 5.75. The molecule has 37 heavy (non-hydrogen) atoms. The molecule has 0 aromatic heterocycles. The van der Waals surface area contributed by atoms with Gasteiger partial charge in [0.15, 0.2) is 0 Å². The molecule has 1 heterocycles. The van der Waals surface area contributed by atoms with E-state index in [0.717, 1.165) is 9.87 Å². The molecule has 0 saturated heterocycles. The summed E-state index contributed by atoms with van der Waals surface area (Å²) in [7, 11) is -4.35. The summed E-state index contributed by atoms with van der Waals surface area (Å²) in [4.78, 5) is 28.0. The number of rotatable bonds is 7. The smallest absolute Gasteiger partial charge is 0.314 e. The van der Waals surface area contributed by atoms with Crippen LogP contribution in [0, 0.1) is 12.8 Å². The minimum atomic E-state index is -4.35. The van der Waals surface area contributed by atoms with Crippen molar-refractivity contribution in [3.05, 3.63) is 107 Å². The van der Waals surface area contributed by atoms with Crippen molar-refractivity contribution >= 4 is 39.2 Å². The van der Waals surface area contributed by atoms with E-state index in [-0.39, 0.29) is 23.6 Å². The summed E-state index contributed by atoms with van der Waals surface area (Å²) in [5.74, 6) is -2.39. The van der Waals surface area contributed by atoms with Crippen molar-refractivity contribution in [3.63, 3.8) is 0 Å². The van der Waals surface area contributed by atoms with Gasteiger partial charge in [0.25, 0.3) is 15.9 Å². The summed E-state index contributed by atoms with van der Waals surface area (Å²) in [6, 6.07) is 21.6. The van der Waals surface area contributed by atoms with Gasteiger partial charge in [0, 0.05) is 5.02 Å². The highest BCUT2D eigenvalue weighted by molar-refractivity contribution is 7.90. The Morgan fingerprint density at radius 1 is 0.973 bits per heavy atom. The molecule has 0 saturated carbocycles. The molecule has 0 bridgehead atoms. The number of hydrogen-bond donors (Lipinski definition) is 0. The molecule has 6 nitrogen and oxygen atoms in total. The second-order valence-corrected chi connectivity index (χ2v) is 11.1. The first-order valence-corrected chi connectivity index (χ1v) is 13.8. The van der Waals surface area contributed by atoms with Crippen molar-refractivity contribution in [2.24, 2.45) is 5.92 Å². The summed E-state index contributed by atoms with van der Waals surface area (Å²) in [6.45, 7) is 5.42. The molecular weight excluding hydrogens is 510 g/mol. The number of sulfonamides is 1. The molecule has 192 valence electrons. The predicted molar refractivity (Wildman–Crippen MR) is 143 cm³/mol. The van der Waals surface area contributed by atoms with E-state index in [1.165, 1.54) is 12.1 Å². The molecule has 2 atom stereocenters. The van der Waals surface area contributed by atoms with E-state index in [0.29, 0.717) is 16.1 Å². The molecule has 0 radical (unpaired) electrons. The normalized spacial score (nSPS) is 19.9. The Labute approximate surface area is 222 Å². The topological polar surface area (TPSA) is 80.8 Å². The zero-order chi connectivity index (χ0) is 26.8. The summed E-state index contributed by atoms with van der Waals surface area (Å²) < 4.78 is 34.5. The molecular formula is C29H28ClNO5S. The highest BCUT2D eigenvalue weighted by Crippen LogP contribution is 2.47. The van der Waals surface area contributed by atoms with Gasteiger partial charge in [0.2, 0.25) is 0 Å². The van der Waals surface area contributed by atoms with E-state index < -0.39 is 33.2 Å². The monoisotopic (exact) mass is 537 g/mol. The van der Waals surface area contributed by atoms with E-state index in [2.05, 4.69) is 0 Å². The van der Waals surface area contributed by atoms with Gasteiger partial charge < -0.3 is 4.74 Å². The van der Waals surface area contributed by atoms with E-state index in [1.54, 1.807) is 86.7 Å². The van der Waals surface area contributed by atoms with E-state index in [4.69, 9.17) is 16.3 Å². The Bertz CT molecular complexity index is 1430. The van der Waals surface area contributed by atoms with Crippen molar-refractivity contribution in [3.8, 4) is 0 Å². The highest BCUT2D eigenvalue weighted by atomic mass is 35.5. The van der Waals surface area contributed by atoms with Crippen LogP contribution in [0.2, 0.25) is 5.02 Å². The van der Waals surface area contributed by atoms with Crippen LogP contribution < -0.4 is 0 Å². The van der Waals surface area contributed by atoms with Gasteiger partial charge in [0.05, 0.1) is 28.5 Å². The zero-order valence-electron chi connectivity index (χ0n) is 20.8. The molecule has 1 aliphatic heterocycles. The lowest BCUT2D eigenvalue weighted by atomic mass is 9.65. The molecule has 3 aromatic rings. The first kappa shape index (κ1) is 26.6. The minimum Gasteiger partial charge on any atom is -0.466 e. The second kappa shape index (κ2) is 10.5. The van der Waals surface area contributed by atoms with Crippen LogP contribution in [0.15, 0.2) is 89.8 Å². The lowest BCUT2D eigenvalue weighted by Crippen LogP contribution is -2.56. The molecule has 0 N–H and O–H groups in total. The van der Waals surface area contributed by atoms with Gasteiger partial charge in [-0.25, -0.2) is 12.7 Å². The van der Waals surface area contributed by atoms with Crippen LogP contribution in [0.3, 0.4) is 0 Å². The Balaban J connectivity index is 2.05. The summed E-state index contributed by atoms with van der Waals surface area (Å²) >= 11 is 6.13. The second-order valence-electron chi connectivity index (χ2n) is 8.87. The van der Waals surface area contributed by atoms with Crippen molar-refractivity contribution in [1.29, 1.82) is 0 Å². The van der Waals surface area contributed by atoms with Crippen LogP contribution in [0.5, 0.6) is 0 Å². The summed E-state index contributed by atoms with van der Waals surface area (Å²) in [5.41, 5.74) is 0.431. The van der Waals surface area contributed by atoms with E-state index in [1.807, 2.05) is 6.92 Å². The average molecular weight is 538 g/mol. The molecule has 0 spiro atoms. The van der Waals surface area contributed by atoms with Crippen LogP contribution in [0.1, 0.15) is 37.0 Å². The maximum absolute atomic E-state index is 14.6. The third kappa shape index (κ3) is 4.69. The fraction of sp³-hybridized carbons (Fsp3) is 0.241. The maximum atomic E-state index is 14.6. The Hall–Kier alpha value is -3.42. The first-order valence-electron chi connectivity index (χ1n) is 12.0. The third-order valence-electron chi connectivity index (χ3n) is 6.73. The number of aryl methyl sites for hydroxylation is 1. The highest BCUT2D eigenvalue weighted by Gasteiger charge is 2.57. The number of carbonyl (C=O) groups excluding carboxylic acids is 2. The lowest BCUT2D eigenvalue weighted by molar-refractivity contribution is -0.153. The van der Waals surface area contributed by atoms with Gasteiger partial charge in [0.1, 0.15) is 0 Å². The Morgan fingerprint density at radius 3 is 2.16 bits per heavy atom. The first-order chi connectivity index (χ1) is 17.7. The average Bonchev–Trinajstić information content (AvgIpc) is 2.89. The number of hydrogen-bond acceptors (Lipinski definition) is 5. The van der Waals surface area contributed by atoms with E-state index >= 15 is 0 Å². The van der Waals surface area contributed by atoms with Crippen LogP contribution in [-0.4, -0.2) is 31.2 Å². The van der Waals surface area contributed by atoms with E-state index in [9.17, 15) is 18.0 Å². The number of amides is 1. The number of ether oxygens (including phenoxy) is 1. The van der Waals surface area contributed by atoms with Crippen LogP contribution in [-0.2, 0) is 29.8 Å². The molecule has 0 aliphatic carbocycles. The summed E-state index contributed by atoms with van der Waals surface area (Å²) in [5, 5.41) is 0.454. The number of halogens is 1. The fourth-order valence-electron chi connectivity index (χ4n) is 4.79. The molecule has 1 amide bonds. The van der Waals surface area contributed by atoms with Gasteiger partial charge >= 0.3 is 5.97 Å². The standard InChI is InChI=1S/C29H28ClNO5S/c1-4-29(22-13-15-23(30)16-14-22)25(27(32)36-5-2)19-26(21-9-7-6-8-10-21)31(28(29)33)37(34,35)24-17-11-20(3)12-18-24/h6-19,25H,4-5H2,1-3H3/t25-,29-/m1/s1. The van der Waals surface area contributed by atoms with Crippen molar-refractivity contribution in [1.82, 2.24) is 4.31 Å². The summed E-state index contributed by atoms with van der Waals surface area (Å²) in [6.07, 6.45) is 1.70. The number of carbonyl (C=O) groups is 2. The van der Waals surface area contributed by atoms with Gasteiger partial charge in [-0.2, -0.15) is 0 Å². The van der Waals surface area contributed by atoms with Crippen molar-refractivity contribution in [2.75, 3.05) is 6.61 Å². The minimum absolute atomic E-state index is 0.0241. The lowest BCUT2D eigenvalue weighted by Gasteiger charge is -2.44. The molecule has 8 heteroatoms. The van der Waals surface area contributed by atoms with Crippen molar-refractivity contribution < 1.29 is 22.7 Å². The Morgan fingerprint density at radius 2 is 1.59 bits per heavy atom. The van der Waals surface area contributed by atoms with Gasteiger partial charge in [-0.05, 0) is 61.7 Å². The molecule has 0 unspecified atom stereocenters. The largest absolute Gasteiger partial charge is 0.466 e. The van der Waals surface area contributed by atoms with Gasteiger partial charge in [-0.15, -0.1) is 0 Å². The van der Waals surface area contributed by atoms with Crippen LogP contribution in [0.4, 0.5) is 0 Å². The molecule has 3 aromatic carbocycles. The molecule has 0 fully saturated rings. The fourth-order valence-corrected chi connectivity index (χ4v) is 6.42. The number of nitrogens with zero attached hydrogens (tertiary/aromatic N) is 1. The number of esters is 1. The zero-order valence-corrected chi connectivity index (χ0v) is 22.4. The van der Waals surface area contributed by atoms with Crippen LogP contribution >= 0.6 is 11.6 Å².